The van der Waals surface area contributed by atoms with E-state index in [0.717, 1.165) is 0 Å². The van der Waals surface area contributed by atoms with Crippen LogP contribution in [-0.2, 0) is 0 Å². The number of carbonyl (C=O) groups excluding carboxylic acids is 1. The molecule has 0 saturated heterocycles. The molecule has 0 spiro atoms. The number of benzene rings is 2. The molecule has 2 aromatic rings. The number of amides is 1. The van der Waals surface area contributed by atoms with Gasteiger partial charge in [0.1, 0.15) is 11.6 Å². The summed E-state index contributed by atoms with van der Waals surface area (Å²) in [4.78, 5) is 16.5. The third-order valence-corrected chi connectivity index (χ3v) is 3.54. The van der Waals surface area contributed by atoms with Crippen LogP contribution in [0, 0.1) is 0 Å². The number of ether oxygens (including phenoxy) is 1. The first-order valence-electron chi connectivity index (χ1n) is 6.38. The Morgan fingerprint density at radius 3 is 2.77 bits per heavy atom. The van der Waals surface area contributed by atoms with Crippen LogP contribution < -0.4 is 15.8 Å². The summed E-state index contributed by atoms with van der Waals surface area (Å²) in [5.41, 5.74) is 7.00. The number of nitrogens with two attached hydrogens (primary N) is 1. The smallest absolute Gasteiger partial charge is 0.259 e. The minimum Gasteiger partial charge on any atom is -0.454 e. The average molecular weight is 336 g/mol. The number of halogens is 2. The molecule has 2 aromatic carbocycles. The van der Waals surface area contributed by atoms with E-state index in [9.17, 15) is 4.79 Å². The van der Waals surface area contributed by atoms with Crippen LogP contribution in [0.4, 0.5) is 11.4 Å². The lowest BCUT2D eigenvalue weighted by Gasteiger charge is -2.07. The molecule has 0 atom stereocenters. The van der Waals surface area contributed by atoms with Gasteiger partial charge in [-0.25, -0.2) is 4.99 Å². The molecule has 0 radical (unpaired) electrons. The SMILES string of the molecule is NC(CCl)=Nc1ccc2c(c1)C(=O)Nc1cc(Cl)ccc1O2. The molecule has 3 rings (SSSR count). The summed E-state index contributed by atoms with van der Waals surface area (Å²) in [6, 6.07) is 9.98. The highest BCUT2D eigenvalue weighted by atomic mass is 35.5. The first-order valence-corrected chi connectivity index (χ1v) is 7.30. The van der Waals surface area contributed by atoms with Crippen molar-refractivity contribution < 1.29 is 9.53 Å². The molecule has 1 aliphatic rings. The number of anilines is 1. The maximum Gasteiger partial charge on any atom is 0.259 e. The summed E-state index contributed by atoms with van der Waals surface area (Å²) in [7, 11) is 0. The monoisotopic (exact) mass is 335 g/mol. The van der Waals surface area contributed by atoms with Crippen molar-refractivity contribution >= 4 is 46.3 Å². The number of hydrogen-bond acceptors (Lipinski definition) is 3. The fourth-order valence-electron chi connectivity index (χ4n) is 2.05. The van der Waals surface area contributed by atoms with Gasteiger partial charge in [0.2, 0.25) is 0 Å². The zero-order chi connectivity index (χ0) is 15.7. The average Bonchev–Trinajstić information content (AvgIpc) is 2.63. The van der Waals surface area contributed by atoms with Gasteiger partial charge in [-0.2, -0.15) is 0 Å². The van der Waals surface area contributed by atoms with E-state index in [0.29, 0.717) is 33.5 Å². The van der Waals surface area contributed by atoms with Gasteiger partial charge in [-0.1, -0.05) is 11.6 Å². The molecule has 0 aromatic heterocycles. The van der Waals surface area contributed by atoms with E-state index in [4.69, 9.17) is 33.7 Å². The van der Waals surface area contributed by atoms with Crippen molar-refractivity contribution in [2.24, 2.45) is 10.7 Å². The van der Waals surface area contributed by atoms with Gasteiger partial charge in [0.05, 0.1) is 22.8 Å². The molecular formula is C15H11Cl2N3O2. The zero-order valence-corrected chi connectivity index (χ0v) is 12.8. The standard InChI is InChI=1S/C15H11Cl2N3O2/c16-7-14(18)19-9-2-4-12-10(6-9)15(21)20-11-5-8(17)1-3-13(11)22-12/h1-6H,7H2,(H2,18,19)(H,20,21). The topological polar surface area (TPSA) is 76.7 Å². The molecule has 0 saturated carbocycles. The van der Waals surface area contributed by atoms with Crippen LogP contribution in [0.2, 0.25) is 5.02 Å². The number of amidine groups is 1. The highest BCUT2D eigenvalue weighted by molar-refractivity contribution is 6.31. The van der Waals surface area contributed by atoms with Crippen molar-refractivity contribution in [2.75, 3.05) is 11.2 Å². The number of fused-ring (bicyclic) bond motifs is 2. The maximum atomic E-state index is 12.3. The van der Waals surface area contributed by atoms with Gasteiger partial charge in [-0.15, -0.1) is 11.6 Å². The maximum absolute atomic E-state index is 12.3. The van der Waals surface area contributed by atoms with Gasteiger partial charge >= 0.3 is 0 Å². The molecule has 0 fully saturated rings. The molecule has 0 bridgehead atoms. The van der Waals surface area contributed by atoms with Gasteiger partial charge in [-0.3, -0.25) is 4.79 Å². The summed E-state index contributed by atoms with van der Waals surface area (Å²) in [5.74, 6) is 1.03. The molecule has 0 unspecified atom stereocenters. The minimum atomic E-state index is -0.308. The molecule has 22 heavy (non-hydrogen) atoms. The fourth-order valence-corrected chi connectivity index (χ4v) is 2.28. The first kappa shape index (κ1) is 14.7. The predicted molar refractivity (Wildman–Crippen MR) is 87.9 cm³/mol. The molecular weight excluding hydrogens is 325 g/mol. The Hall–Kier alpha value is -2.24. The summed E-state index contributed by atoms with van der Waals surface area (Å²) in [6.07, 6.45) is 0. The lowest BCUT2D eigenvalue weighted by atomic mass is 10.1. The van der Waals surface area contributed by atoms with Crippen LogP contribution in [0.1, 0.15) is 10.4 Å². The molecule has 1 heterocycles. The van der Waals surface area contributed by atoms with Crippen molar-refractivity contribution in [2.45, 2.75) is 0 Å². The van der Waals surface area contributed by atoms with Crippen LogP contribution >= 0.6 is 23.2 Å². The Morgan fingerprint density at radius 1 is 1.23 bits per heavy atom. The Balaban J connectivity index is 2.04. The minimum absolute atomic E-state index is 0.115. The van der Waals surface area contributed by atoms with Crippen molar-refractivity contribution in [3.05, 3.63) is 47.0 Å². The Bertz CT molecular complexity index is 790. The van der Waals surface area contributed by atoms with E-state index in [2.05, 4.69) is 10.3 Å². The normalized spacial score (nSPS) is 13.5. The molecule has 0 aliphatic carbocycles. The van der Waals surface area contributed by atoms with Gasteiger partial charge in [0, 0.05) is 5.02 Å². The second kappa shape index (κ2) is 5.87. The van der Waals surface area contributed by atoms with Crippen LogP contribution in [0.25, 0.3) is 0 Å². The molecule has 3 N–H and O–H groups in total. The Kier molecular flexibility index (Phi) is 3.92. The van der Waals surface area contributed by atoms with E-state index in [-0.39, 0.29) is 17.6 Å². The van der Waals surface area contributed by atoms with Crippen molar-refractivity contribution in [1.29, 1.82) is 0 Å². The fraction of sp³-hybridized carbons (Fsp3) is 0.0667. The number of aliphatic imine (C=N–C) groups is 1. The first-order chi connectivity index (χ1) is 10.6. The summed E-state index contributed by atoms with van der Waals surface area (Å²) in [6.45, 7) is 0. The van der Waals surface area contributed by atoms with Gasteiger partial charge in [0.25, 0.3) is 5.91 Å². The highest BCUT2D eigenvalue weighted by Crippen LogP contribution is 2.38. The van der Waals surface area contributed by atoms with Crippen molar-refractivity contribution in [3.63, 3.8) is 0 Å². The second-order valence-electron chi connectivity index (χ2n) is 4.61. The van der Waals surface area contributed by atoms with Gasteiger partial charge in [-0.05, 0) is 36.4 Å². The van der Waals surface area contributed by atoms with Crippen molar-refractivity contribution in [3.8, 4) is 11.5 Å². The van der Waals surface area contributed by atoms with Gasteiger partial charge in [0.15, 0.2) is 5.75 Å². The van der Waals surface area contributed by atoms with Crippen LogP contribution in [0.5, 0.6) is 11.5 Å². The largest absolute Gasteiger partial charge is 0.454 e. The zero-order valence-electron chi connectivity index (χ0n) is 11.3. The van der Waals surface area contributed by atoms with Crippen LogP contribution in [0.3, 0.4) is 0 Å². The van der Waals surface area contributed by atoms with E-state index < -0.39 is 0 Å². The van der Waals surface area contributed by atoms with Crippen LogP contribution in [-0.4, -0.2) is 17.6 Å². The van der Waals surface area contributed by atoms with E-state index >= 15 is 0 Å². The summed E-state index contributed by atoms with van der Waals surface area (Å²) >= 11 is 11.5. The molecule has 1 aliphatic heterocycles. The lowest BCUT2D eigenvalue weighted by Crippen LogP contribution is -2.12. The van der Waals surface area contributed by atoms with E-state index in [1.165, 1.54) is 0 Å². The van der Waals surface area contributed by atoms with Crippen molar-refractivity contribution in [1.82, 2.24) is 0 Å². The Morgan fingerprint density at radius 2 is 2.00 bits per heavy atom. The number of rotatable bonds is 2. The molecule has 7 heteroatoms. The lowest BCUT2D eigenvalue weighted by molar-refractivity contribution is 0.102. The summed E-state index contributed by atoms with van der Waals surface area (Å²) in [5, 5.41) is 3.27. The molecule has 5 nitrogen and oxygen atoms in total. The Labute approximate surface area is 136 Å². The number of nitrogens with one attached hydrogen (secondary N) is 1. The quantitative estimate of drug-likeness (QED) is 0.496. The second-order valence-corrected chi connectivity index (χ2v) is 5.32. The number of alkyl halides is 1. The third kappa shape index (κ3) is 2.86. The van der Waals surface area contributed by atoms with E-state index in [1.54, 1.807) is 36.4 Å². The summed E-state index contributed by atoms with van der Waals surface area (Å²) < 4.78 is 5.77. The number of hydrogen-bond donors (Lipinski definition) is 2. The third-order valence-electron chi connectivity index (χ3n) is 3.03. The van der Waals surface area contributed by atoms with Gasteiger partial charge < -0.3 is 15.8 Å². The highest BCUT2D eigenvalue weighted by Gasteiger charge is 2.21. The molecule has 1 amide bonds. The predicted octanol–water partition coefficient (Wildman–Crippen LogP) is 3.93. The number of nitrogens with zero attached hydrogens (tertiary/aromatic N) is 1. The number of carbonyl (C=O) groups is 1. The van der Waals surface area contributed by atoms with Crippen LogP contribution in [0.15, 0.2) is 41.4 Å². The van der Waals surface area contributed by atoms with E-state index in [1.807, 2.05) is 0 Å². The molecule has 112 valence electrons.